The van der Waals surface area contributed by atoms with E-state index in [4.69, 9.17) is 4.74 Å². The number of nitrogens with one attached hydrogen (secondary N) is 3. The van der Waals surface area contributed by atoms with Crippen LogP contribution in [0.25, 0.3) is 0 Å². The summed E-state index contributed by atoms with van der Waals surface area (Å²) in [5.74, 6) is 1.73. The number of morpholine rings is 1. The number of hydrogen-bond acceptors (Lipinski definition) is 10. The summed E-state index contributed by atoms with van der Waals surface area (Å²) in [6, 6.07) is -0.334. The summed E-state index contributed by atoms with van der Waals surface area (Å²) in [5, 5.41) is 6.18. The van der Waals surface area contributed by atoms with Gasteiger partial charge in [-0.25, -0.2) is 19.3 Å². The predicted molar refractivity (Wildman–Crippen MR) is 98.8 cm³/mol. The number of aromatic amines is 1. The van der Waals surface area contributed by atoms with Crippen molar-refractivity contribution in [3.8, 4) is 0 Å². The molecule has 3 aromatic heterocycles. The highest BCUT2D eigenvalue weighted by atomic mass is 19.1. The van der Waals surface area contributed by atoms with Crippen molar-refractivity contribution in [3.05, 3.63) is 36.6 Å². The molecule has 1 aliphatic heterocycles. The zero-order valence-corrected chi connectivity index (χ0v) is 15.1. The summed E-state index contributed by atoms with van der Waals surface area (Å²) in [5.41, 5.74) is 0. The molecule has 4 heterocycles. The highest BCUT2D eigenvalue weighted by molar-refractivity contribution is 5.51. The van der Waals surface area contributed by atoms with Gasteiger partial charge < -0.3 is 25.3 Å². The van der Waals surface area contributed by atoms with Gasteiger partial charge in [0.2, 0.25) is 17.8 Å². The Kier molecular flexibility index (Phi) is 5.19. The molecule has 0 spiro atoms. The van der Waals surface area contributed by atoms with Crippen molar-refractivity contribution in [2.75, 3.05) is 41.8 Å². The van der Waals surface area contributed by atoms with E-state index in [-0.39, 0.29) is 6.04 Å². The number of H-pyrrole nitrogens is 1. The van der Waals surface area contributed by atoms with E-state index in [1.54, 1.807) is 12.5 Å². The molecule has 0 saturated carbocycles. The van der Waals surface area contributed by atoms with Crippen molar-refractivity contribution < 1.29 is 9.13 Å². The second kappa shape index (κ2) is 8.08. The molecule has 1 fully saturated rings. The molecule has 3 N–H and O–H groups in total. The Morgan fingerprint density at radius 1 is 1.11 bits per heavy atom. The van der Waals surface area contributed by atoms with E-state index in [1.165, 1.54) is 0 Å². The molecular weight excluding hydrogens is 367 g/mol. The molecular formula is C16H19FN10O. The maximum Gasteiger partial charge on any atom is 0.235 e. The number of halogens is 1. The average Bonchev–Trinajstić information content (AvgIpc) is 3.22. The first-order valence-corrected chi connectivity index (χ1v) is 8.76. The van der Waals surface area contributed by atoms with Gasteiger partial charge in [-0.15, -0.1) is 0 Å². The molecule has 1 atom stereocenters. The minimum Gasteiger partial charge on any atom is -0.378 e. The summed E-state index contributed by atoms with van der Waals surface area (Å²) < 4.78 is 18.5. The minimum atomic E-state index is -0.490. The average molecular weight is 386 g/mol. The first-order chi connectivity index (χ1) is 13.7. The highest BCUT2D eigenvalue weighted by Crippen LogP contribution is 2.20. The molecule has 4 rings (SSSR count). The van der Waals surface area contributed by atoms with Crippen LogP contribution in [0.4, 0.5) is 28.1 Å². The van der Waals surface area contributed by atoms with Crippen LogP contribution in [-0.4, -0.2) is 61.2 Å². The monoisotopic (exact) mass is 386 g/mol. The molecule has 146 valence electrons. The van der Waals surface area contributed by atoms with Crippen LogP contribution in [0, 0.1) is 5.82 Å². The minimum absolute atomic E-state index is 0.334. The quantitative estimate of drug-likeness (QED) is 0.569. The molecule has 28 heavy (non-hydrogen) atoms. The highest BCUT2D eigenvalue weighted by Gasteiger charge is 2.18. The lowest BCUT2D eigenvalue weighted by molar-refractivity contribution is 0.122. The first kappa shape index (κ1) is 18.0. The molecule has 0 aromatic carbocycles. The Labute approximate surface area is 159 Å². The lowest BCUT2D eigenvalue weighted by Gasteiger charge is -2.27. The van der Waals surface area contributed by atoms with Crippen molar-refractivity contribution in [2.24, 2.45) is 0 Å². The molecule has 3 aromatic rings. The van der Waals surface area contributed by atoms with Gasteiger partial charge >= 0.3 is 0 Å². The molecule has 11 nitrogen and oxygen atoms in total. The van der Waals surface area contributed by atoms with Gasteiger partial charge in [0.15, 0.2) is 11.6 Å². The Morgan fingerprint density at radius 3 is 2.57 bits per heavy atom. The molecule has 0 unspecified atom stereocenters. The van der Waals surface area contributed by atoms with Crippen LogP contribution in [0.5, 0.6) is 0 Å². The fourth-order valence-electron chi connectivity index (χ4n) is 2.64. The SMILES string of the molecule is C[C@H](Nc1nc(Nc2c[nH]cn2)nc(N2CCOCC2)n1)c1ncc(F)cn1. The number of ether oxygens (including phenoxy) is 1. The second-order valence-electron chi connectivity index (χ2n) is 6.09. The van der Waals surface area contributed by atoms with Gasteiger partial charge in [0.1, 0.15) is 5.82 Å². The molecule has 0 aliphatic carbocycles. The van der Waals surface area contributed by atoms with Gasteiger partial charge in [-0.05, 0) is 6.92 Å². The summed E-state index contributed by atoms with van der Waals surface area (Å²) in [7, 11) is 0. The van der Waals surface area contributed by atoms with Gasteiger partial charge in [0, 0.05) is 19.3 Å². The Hall–Kier alpha value is -3.41. The van der Waals surface area contributed by atoms with Crippen LogP contribution >= 0.6 is 0 Å². The standard InChI is InChI=1S/C16H19FN10O/c1-10(13-19-6-11(17)7-20-13)22-14-24-15(23-12-8-18-9-21-12)26-16(25-14)27-2-4-28-5-3-27/h6-10H,2-5H2,1H3,(H,18,21)(H2,22,23,24,25,26)/t10-/m0/s1. The number of hydrogen-bond donors (Lipinski definition) is 3. The molecule has 1 aliphatic rings. The van der Waals surface area contributed by atoms with Gasteiger partial charge in [-0.1, -0.05) is 0 Å². The summed E-state index contributed by atoms with van der Waals surface area (Å²) >= 11 is 0. The van der Waals surface area contributed by atoms with Gasteiger partial charge in [-0.2, -0.15) is 15.0 Å². The van der Waals surface area contributed by atoms with Gasteiger partial charge in [-0.3, -0.25) is 0 Å². The molecule has 0 radical (unpaired) electrons. The fourth-order valence-corrected chi connectivity index (χ4v) is 2.64. The fraction of sp³-hybridized carbons (Fsp3) is 0.375. The van der Waals surface area contributed by atoms with Crippen molar-refractivity contribution >= 4 is 23.7 Å². The van der Waals surface area contributed by atoms with E-state index in [9.17, 15) is 4.39 Å². The Morgan fingerprint density at radius 2 is 1.86 bits per heavy atom. The number of aromatic nitrogens is 7. The normalized spacial score (nSPS) is 15.3. The van der Waals surface area contributed by atoms with Crippen LogP contribution in [-0.2, 0) is 4.74 Å². The summed E-state index contributed by atoms with van der Waals surface area (Å²) in [6.07, 6.45) is 5.50. The predicted octanol–water partition coefficient (Wildman–Crippen LogP) is 1.28. The van der Waals surface area contributed by atoms with E-state index in [0.717, 1.165) is 12.4 Å². The van der Waals surface area contributed by atoms with Crippen molar-refractivity contribution in [2.45, 2.75) is 13.0 Å². The third-order valence-corrected chi connectivity index (χ3v) is 4.03. The first-order valence-electron chi connectivity index (χ1n) is 8.76. The maximum atomic E-state index is 13.1. The lowest BCUT2D eigenvalue weighted by Crippen LogP contribution is -2.37. The third-order valence-electron chi connectivity index (χ3n) is 4.03. The summed E-state index contributed by atoms with van der Waals surface area (Å²) in [6.45, 7) is 4.42. The topological polar surface area (TPSA) is 130 Å². The van der Waals surface area contributed by atoms with E-state index >= 15 is 0 Å². The molecule has 0 amide bonds. The summed E-state index contributed by atoms with van der Waals surface area (Å²) in [4.78, 5) is 30.4. The van der Waals surface area contributed by atoms with Crippen LogP contribution < -0.4 is 15.5 Å². The van der Waals surface area contributed by atoms with Crippen LogP contribution in [0.15, 0.2) is 24.9 Å². The van der Waals surface area contributed by atoms with Crippen LogP contribution in [0.3, 0.4) is 0 Å². The van der Waals surface area contributed by atoms with Crippen molar-refractivity contribution in [3.63, 3.8) is 0 Å². The van der Waals surface area contributed by atoms with Crippen LogP contribution in [0.2, 0.25) is 0 Å². The van der Waals surface area contributed by atoms with Crippen LogP contribution in [0.1, 0.15) is 18.8 Å². The van der Waals surface area contributed by atoms with Gasteiger partial charge in [0.25, 0.3) is 0 Å². The van der Waals surface area contributed by atoms with Crippen molar-refractivity contribution in [1.29, 1.82) is 0 Å². The molecule has 0 bridgehead atoms. The lowest BCUT2D eigenvalue weighted by atomic mass is 10.3. The Bertz CT molecular complexity index is 898. The third kappa shape index (κ3) is 4.28. The maximum absolute atomic E-state index is 13.1. The van der Waals surface area contributed by atoms with E-state index in [2.05, 4.69) is 45.5 Å². The van der Waals surface area contributed by atoms with E-state index in [1.807, 2.05) is 11.8 Å². The van der Waals surface area contributed by atoms with E-state index in [0.29, 0.717) is 55.8 Å². The largest absolute Gasteiger partial charge is 0.378 e. The van der Waals surface area contributed by atoms with Gasteiger partial charge in [0.05, 0.1) is 38.0 Å². The Balaban J connectivity index is 1.59. The second-order valence-corrected chi connectivity index (χ2v) is 6.09. The van der Waals surface area contributed by atoms with Crippen molar-refractivity contribution in [1.82, 2.24) is 34.9 Å². The molecule has 1 saturated heterocycles. The zero-order valence-electron chi connectivity index (χ0n) is 15.1. The van der Waals surface area contributed by atoms with E-state index < -0.39 is 5.82 Å². The number of imidazole rings is 1. The zero-order chi connectivity index (χ0) is 19.3. The number of anilines is 4. The molecule has 12 heteroatoms. The number of rotatable bonds is 6. The smallest absolute Gasteiger partial charge is 0.235 e. The number of nitrogens with zero attached hydrogens (tertiary/aromatic N) is 7.